The number of ether oxygens (including phenoxy) is 1. The van der Waals surface area contributed by atoms with Gasteiger partial charge in [0.25, 0.3) is 0 Å². The van der Waals surface area contributed by atoms with E-state index in [2.05, 4.69) is 0 Å². The minimum absolute atomic E-state index is 0.138. The van der Waals surface area contributed by atoms with Crippen LogP contribution in [-0.4, -0.2) is 0 Å². The van der Waals surface area contributed by atoms with Crippen LogP contribution in [-0.2, 0) is 0 Å². The van der Waals surface area contributed by atoms with Crippen molar-refractivity contribution < 1.29 is 9.13 Å². The molecule has 0 spiro atoms. The molecule has 0 bridgehead atoms. The molecule has 0 fully saturated rings. The summed E-state index contributed by atoms with van der Waals surface area (Å²) >= 11 is 6.09. The van der Waals surface area contributed by atoms with Gasteiger partial charge < -0.3 is 10.5 Å². The third-order valence-corrected chi connectivity index (χ3v) is 2.82. The zero-order valence-electron chi connectivity index (χ0n) is 9.86. The fourth-order valence-electron chi connectivity index (χ4n) is 1.61. The summed E-state index contributed by atoms with van der Waals surface area (Å²) < 4.78 is 18.5. The normalized spacial score (nSPS) is 12.2. The van der Waals surface area contributed by atoms with Crippen LogP contribution in [0.4, 0.5) is 4.39 Å². The molecule has 2 aromatic carbocycles. The lowest BCUT2D eigenvalue weighted by Crippen LogP contribution is -2.05. The molecular weight excluding hydrogens is 253 g/mol. The Balaban J connectivity index is 2.23. The van der Waals surface area contributed by atoms with Crippen molar-refractivity contribution in [2.75, 3.05) is 0 Å². The molecule has 2 N–H and O–H groups in total. The fourth-order valence-corrected chi connectivity index (χ4v) is 1.95. The second-order valence-corrected chi connectivity index (χ2v) is 4.44. The third-order valence-electron chi connectivity index (χ3n) is 2.49. The van der Waals surface area contributed by atoms with Gasteiger partial charge in [0.05, 0.1) is 0 Å². The van der Waals surface area contributed by atoms with Gasteiger partial charge in [0.1, 0.15) is 17.3 Å². The van der Waals surface area contributed by atoms with Crippen molar-refractivity contribution in [1.82, 2.24) is 0 Å². The smallest absolute Gasteiger partial charge is 0.130 e. The van der Waals surface area contributed by atoms with E-state index in [9.17, 15) is 4.39 Å². The first-order valence-corrected chi connectivity index (χ1v) is 5.92. The Kier molecular flexibility index (Phi) is 3.84. The molecule has 2 rings (SSSR count). The molecule has 94 valence electrons. The minimum Gasteiger partial charge on any atom is -0.457 e. The molecule has 18 heavy (non-hydrogen) atoms. The molecule has 4 heteroatoms. The van der Waals surface area contributed by atoms with Crippen LogP contribution in [0.25, 0.3) is 0 Å². The summed E-state index contributed by atoms with van der Waals surface area (Å²) in [6.45, 7) is 1.86. The van der Waals surface area contributed by atoms with Crippen molar-refractivity contribution in [3.05, 3.63) is 58.9 Å². The Morgan fingerprint density at radius 1 is 1.17 bits per heavy atom. The van der Waals surface area contributed by atoms with Gasteiger partial charge in [-0.15, -0.1) is 0 Å². The molecule has 0 saturated heterocycles. The lowest BCUT2D eigenvalue weighted by atomic mass is 10.1. The summed E-state index contributed by atoms with van der Waals surface area (Å²) in [6, 6.07) is 11.0. The van der Waals surface area contributed by atoms with E-state index in [-0.39, 0.29) is 11.9 Å². The number of halogens is 2. The Hall–Kier alpha value is -1.58. The SMILES string of the molecule is CC(N)c1ccc(Oc2cccc(F)c2)cc1Cl. The second kappa shape index (κ2) is 5.38. The molecule has 0 amide bonds. The number of hydrogen-bond acceptors (Lipinski definition) is 2. The monoisotopic (exact) mass is 265 g/mol. The summed E-state index contributed by atoms with van der Waals surface area (Å²) in [5.74, 6) is 0.639. The molecule has 2 aromatic rings. The second-order valence-electron chi connectivity index (χ2n) is 4.03. The van der Waals surface area contributed by atoms with E-state index in [1.807, 2.05) is 13.0 Å². The van der Waals surface area contributed by atoms with Crippen molar-refractivity contribution in [3.63, 3.8) is 0 Å². The number of rotatable bonds is 3. The van der Waals surface area contributed by atoms with Crippen molar-refractivity contribution in [2.45, 2.75) is 13.0 Å². The van der Waals surface area contributed by atoms with Gasteiger partial charge in [-0.3, -0.25) is 0 Å². The molecule has 0 aliphatic rings. The predicted octanol–water partition coefficient (Wildman–Crippen LogP) is 4.29. The van der Waals surface area contributed by atoms with Gasteiger partial charge >= 0.3 is 0 Å². The maximum Gasteiger partial charge on any atom is 0.130 e. The standard InChI is InChI=1S/C14H13ClFNO/c1-9(17)13-6-5-12(8-14(13)15)18-11-4-2-3-10(16)7-11/h2-9H,17H2,1H3. The molecular formula is C14H13ClFNO. The molecule has 1 unspecified atom stereocenters. The number of benzene rings is 2. The van der Waals surface area contributed by atoms with Crippen LogP contribution in [0.1, 0.15) is 18.5 Å². The average Bonchev–Trinajstić information content (AvgIpc) is 2.28. The van der Waals surface area contributed by atoms with E-state index in [0.717, 1.165) is 5.56 Å². The van der Waals surface area contributed by atoms with Crippen molar-refractivity contribution in [3.8, 4) is 11.5 Å². The highest BCUT2D eigenvalue weighted by atomic mass is 35.5. The topological polar surface area (TPSA) is 35.2 Å². The van der Waals surface area contributed by atoms with E-state index >= 15 is 0 Å². The van der Waals surface area contributed by atoms with E-state index < -0.39 is 0 Å². The van der Waals surface area contributed by atoms with Crippen LogP contribution in [0.3, 0.4) is 0 Å². The van der Waals surface area contributed by atoms with Crippen LogP contribution >= 0.6 is 11.6 Å². The Bertz CT molecular complexity index is 557. The summed E-state index contributed by atoms with van der Waals surface area (Å²) in [6.07, 6.45) is 0. The fraction of sp³-hybridized carbons (Fsp3) is 0.143. The van der Waals surface area contributed by atoms with Gasteiger partial charge in [0, 0.05) is 17.1 Å². The largest absolute Gasteiger partial charge is 0.457 e. The first-order chi connectivity index (χ1) is 8.56. The van der Waals surface area contributed by atoms with Gasteiger partial charge in [-0.1, -0.05) is 23.7 Å². The summed E-state index contributed by atoms with van der Waals surface area (Å²) in [4.78, 5) is 0. The van der Waals surface area contributed by atoms with Crippen LogP contribution in [0.2, 0.25) is 5.02 Å². The molecule has 2 nitrogen and oxygen atoms in total. The Morgan fingerprint density at radius 2 is 1.89 bits per heavy atom. The van der Waals surface area contributed by atoms with Gasteiger partial charge in [0.2, 0.25) is 0 Å². The molecule has 0 heterocycles. The molecule has 0 aliphatic heterocycles. The maximum atomic E-state index is 13.0. The predicted molar refractivity (Wildman–Crippen MR) is 70.5 cm³/mol. The minimum atomic E-state index is -0.342. The molecule has 0 saturated carbocycles. The quantitative estimate of drug-likeness (QED) is 0.898. The van der Waals surface area contributed by atoms with Gasteiger partial charge in [-0.25, -0.2) is 4.39 Å². The number of nitrogens with two attached hydrogens (primary N) is 1. The molecule has 0 radical (unpaired) electrons. The first kappa shape index (κ1) is 12.9. The first-order valence-electron chi connectivity index (χ1n) is 5.54. The van der Waals surface area contributed by atoms with Crippen LogP contribution in [0.5, 0.6) is 11.5 Å². The highest BCUT2D eigenvalue weighted by Gasteiger charge is 2.07. The summed E-state index contributed by atoms with van der Waals surface area (Å²) in [5.41, 5.74) is 6.61. The van der Waals surface area contributed by atoms with E-state index in [4.69, 9.17) is 22.1 Å². The molecule has 0 aliphatic carbocycles. The third kappa shape index (κ3) is 3.00. The number of hydrogen-bond donors (Lipinski definition) is 1. The lowest BCUT2D eigenvalue weighted by molar-refractivity contribution is 0.476. The van der Waals surface area contributed by atoms with E-state index in [1.165, 1.54) is 12.1 Å². The van der Waals surface area contributed by atoms with Crippen molar-refractivity contribution in [2.24, 2.45) is 5.73 Å². The summed E-state index contributed by atoms with van der Waals surface area (Å²) in [5, 5.41) is 0.541. The van der Waals surface area contributed by atoms with Crippen molar-refractivity contribution >= 4 is 11.6 Å². The lowest BCUT2D eigenvalue weighted by Gasteiger charge is -2.11. The Labute approximate surface area is 110 Å². The van der Waals surface area contributed by atoms with Crippen LogP contribution < -0.4 is 10.5 Å². The van der Waals surface area contributed by atoms with E-state index in [0.29, 0.717) is 16.5 Å². The zero-order valence-corrected chi connectivity index (χ0v) is 10.6. The van der Waals surface area contributed by atoms with Gasteiger partial charge in [-0.05, 0) is 36.8 Å². The maximum absolute atomic E-state index is 13.0. The highest BCUT2D eigenvalue weighted by Crippen LogP contribution is 2.29. The molecule has 1 atom stereocenters. The average molecular weight is 266 g/mol. The van der Waals surface area contributed by atoms with Gasteiger partial charge in [-0.2, -0.15) is 0 Å². The van der Waals surface area contributed by atoms with Gasteiger partial charge in [0.15, 0.2) is 0 Å². The summed E-state index contributed by atoms with van der Waals surface area (Å²) in [7, 11) is 0. The highest BCUT2D eigenvalue weighted by molar-refractivity contribution is 6.31. The zero-order chi connectivity index (χ0) is 13.1. The van der Waals surface area contributed by atoms with Crippen LogP contribution in [0, 0.1) is 5.82 Å². The van der Waals surface area contributed by atoms with Crippen molar-refractivity contribution in [1.29, 1.82) is 0 Å². The van der Waals surface area contributed by atoms with Crippen LogP contribution in [0.15, 0.2) is 42.5 Å². The molecule has 0 aromatic heterocycles. The van der Waals surface area contributed by atoms with E-state index in [1.54, 1.807) is 24.3 Å². The Morgan fingerprint density at radius 3 is 2.50 bits per heavy atom.